The molecule has 97 heavy (non-hydrogen) atoms. The average Bonchev–Trinajstić information content (AvgIpc) is 1.63. The minimum atomic E-state index is -1.17. The molecular weight excluding hydrogens is 1240 g/mol. The Bertz CT molecular complexity index is 4210. The van der Waals surface area contributed by atoms with E-state index in [4.69, 9.17) is 27.2 Å². The highest BCUT2D eigenvalue weighted by molar-refractivity contribution is 8.00. The molecule has 2 aliphatic heterocycles. The van der Waals surface area contributed by atoms with Crippen LogP contribution in [0.3, 0.4) is 0 Å². The molecule has 21 heteroatoms. The van der Waals surface area contributed by atoms with Gasteiger partial charge < -0.3 is 59.1 Å². The van der Waals surface area contributed by atoms with E-state index in [1.807, 2.05) is 30.3 Å². The Morgan fingerprint density at radius 3 is 1.14 bits per heavy atom. The number of rotatable bonds is 29. The van der Waals surface area contributed by atoms with Gasteiger partial charge in [0, 0.05) is 62.7 Å². The molecule has 4 aromatic carbocycles. The third-order valence-corrected chi connectivity index (χ3v) is 18.2. The molecule has 3 aromatic heterocycles. The molecule has 0 radical (unpaired) electrons. The molecule has 8 bridgehead atoms. The van der Waals surface area contributed by atoms with Crippen molar-refractivity contribution in [2.75, 3.05) is 29.9 Å². The molecule has 0 fully saturated rings. The number of nitrogens with two attached hydrogens (primary N) is 3. The number of H-pyrrole nitrogens is 2. The van der Waals surface area contributed by atoms with E-state index in [2.05, 4.69) is 178 Å². The lowest BCUT2D eigenvalue weighted by Gasteiger charge is -2.29. The molecule has 7 aromatic rings. The first-order valence-electron chi connectivity index (χ1n) is 33.1. The number of carbonyl (C=O) groups is 7. The maximum atomic E-state index is 14.2. The van der Waals surface area contributed by atoms with Crippen LogP contribution in [-0.2, 0) is 33.6 Å². The quantitative estimate of drug-likeness (QED) is 0.0195. The van der Waals surface area contributed by atoms with Gasteiger partial charge in [-0.1, -0.05) is 129 Å². The summed E-state index contributed by atoms with van der Waals surface area (Å²) in [6, 6.07) is 35.8. The number of aromatic amines is 2. The fourth-order valence-corrected chi connectivity index (χ4v) is 12.7. The summed E-state index contributed by atoms with van der Waals surface area (Å²) >= 11 is 1.12. The van der Waals surface area contributed by atoms with E-state index in [9.17, 15) is 33.6 Å². The molecule has 7 amide bonds. The summed E-state index contributed by atoms with van der Waals surface area (Å²) in [6.45, 7) is 15.1. The van der Waals surface area contributed by atoms with Crippen LogP contribution < -0.4 is 49.1 Å². The van der Waals surface area contributed by atoms with E-state index < -0.39 is 71.6 Å². The number of fused-ring (bicyclic) bond motifs is 8. The lowest BCUT2D eigenvalue weighted by Crippen LogP contribution is -2.60. The van der Waals surface area contributed by atoms with Crippen LogP contribution in [0.2, 0.25) is 0 Å². The van der Waals surface area contributed by atoms with E-state index in [0.717, 1.165) is 112 Å². The fourth-order valence-electron chi connectivity index (χ4n) is 11.9. The minimum Gasteiger partial charge on any atom is -0.368 e. The second-order valence-electron chi connectivity index (χ2n) is 25.5. The highest BCUT2D eigenvalue weighted by atomic mass is 32.2. The Morgan fingerprint density at radius 2 is 0.794 bits per heavy atom. The van der Waals surface area contributed by atoms with Crippen LogP contribution in [0.5, 0.6) is 0 Å². The zero-order chi connectivity index (χ0) is 69.4. The van der Waals surface area contributed by atoms with Gasteiger partial charge in [0.25, 0.3) is 0 Å². The topological polar surface area (TPSA) is 327 Å². The van der Waals surface area contributed by atoms with E-state index >= 15 is 0 Å². The zero-order valence-corrected chi connectivity index (χ0v) is 57.2. The standard InChI is InChI=1S/C76H89N13O7S/c1-43(2)70(72(79)92)88-73(93)63(14-10-12-40-78)87-76(96)71(44(3)4)89-74(94)62(13-9-11-39-77)86-75(95)64(80-48(8)90)41-97-42-65(91)81-53-29-27-52(28-30-53)69-60-37-35-58(84-60)67(50-23-17-46(6)18-24-50)56-33-31-54(82-56)66(49-21-15-45(5)16-22-49)55-32-34-57(83-55)68(59-36-38-61(69)85-59)51-25-19-47(7)20-26-51/h15-38,43-44,62-64,70-71,82,85H,9-14,39-42,77-78H2,1-8H3,(H2,79,92)(H,80,90)(H,81,91)(H,86,95)(H,87,96)(H,88,93)(H,89,94)/t62-,63-,64-,70-,71-/m0/s1. The number of carbonyl (C=O) groups excluding carboxylic acids is 7. The van der Waals surface area contributed by atoms with Gasteiger partial charge in [0.2, 0.25) is 41.4 Å². The van der Waals surface area contributed by atoms with Crippen molar-refractivity contribution in [2.45, 2.75) is 124 Å². The lowest BCUT2D eigenvalue weighted by molar-refractivity contribution is -0.135. The first kappa shape index (κ1) is 71.3. The molecular formula is C76H89N13O7S. The van der Waals surface area contributed by atoms with Gasteiger partial charge in [0.1, 0.15) is 30.2 Å². The van der Waals surface area contributed by atoms with Crippen molar-refractivity contribution in [3.05, 3.63) is 161 Å². The zero-order valence-electron chi connectivity index (χ0n) is 56.4. The molecule has 14 N–H and O–H groups in total. The maximum absolute atomic E-state index is 14.2. The maximum Gasteiger partial charge on any atom is 0.244 e. The third kappa shape index (κ3) is 18.3. The third-order valence-electron chi connectivity index (χ3n) is 17.1. The SMILES string of the molecule is CC(=O)N[C@@H](CSCC(=O)Nc1ccc(-c2c3nc(c(-c4ccc(C)cc4)c4ccc([nH]4)c(-c4ccc(C)cc4)c4nc(c(-c5ccc(C)cc5)c5ccc2[nH]5)C=C4)C=C3)cc1)C(=O)N[C@@H](CCCCN)C(=O)N[C@H](C(=O)N[C@@H](CCCCN)C(=O)N[C@H](C(N)=O)C(C)C)C(C)C. The van der Waals surface area contributed by atoms with Gasteiger partial charge in [0.15, 0.2) is 0 Å². The summed E-state index contributed by atoms with van der Waals surface area (Å²) in [5, 5.41) is 16.6. The summed E-state index contributed by atoms with van der Waals surface area (Å²) in [6.07, 6.45) is 10.6. The summed E-state index contributed by atoms with van der Waals surface area (Å²) in [7, 11) is 0. The number of nitrogens with one attached hydrogen (secondary N) is 8. The number of hydrogen-bond donors (Lipinski definition) is 11. The molecule has 2 aliphatic rings. The van der Waals surface area contributed by atoms with E-state index in [-0.39, 0.29) is 36.2 Å². The number of amides is 7. The monoisotopic (exact) mass is 1330 g/mol. The highest BCUT2D eigenvalue weighted by Crippen LogP contribution is 2.39. The Kier molecular flexibility index (Phi) is 24.4. The average molecular weight is 1330 g/mol. The molecule has 9 rings (SSSR count). The lowest BCUT2D eigenvalue weighted by atomic mass is 9.99. The van der Waals surface area contributed by atoms with Crippen molar-refractivity contribution >= 4 is 105 Å². The van der Waals surface area contributed by atoms with Crippen molar-refractivity contribution in [1.82, 2.24) is 46.5 Å². The van der Waals surface area contributed by atoms with Crippen LogP contribution in [0.25, 0.3) is 90.9 Å². The van der Waals surface area contributed by atoms with Crippen molar-refractivity contribution in [3.63, 3.8) is 0 Å². The molecule has 20 nitrogen and oxygen atoms in total. The number of aromatic nitrogens is 4. The van der Waals surface area contributed by atoms with Gasteiger partial charge in [-0.05, 0) is 167 Å². The van der Waals surface area contributed by atoms with Gasteiger partial charge in [-0.3, -0.25) is 33.6 Å². The van der Waals surface area contributed by atoms with Crippen LogP contribution in [0.4, 0.5) is 5.69 Å². The summed E-state index contributed by atoms with van der Waals surface area (Å²) in [4.78, 5) is 113. The fraction of sp³-hybridized carbons (Fsp3) is 0.329. The molecule has 5 heterocycles. The van der Waals surface area contributed by atoms with Gasteiger partial charge in [-0.15, -0.1) is 11.8 Å². The Balaban J connectivity index is 0.965. The molecule has 0 aliphatic carbocycles. The molecule has 0 saturated heterocycles. The van der Waals surface area contributed by atoms with E-state index in [1.165, 1.54) is 6.92 Å². The molecule has 0 saturated carbocycles. The number of unbranched alkanes of at least 4 members (excludes halogenated alkanes) is 2. The van der Waals surface area contributed by atoms with E-state index in [1.54, 1.807) is 27.7 Å². The number of primary amides is 1. The highest BCUT2D eigenvalue weighted by Gasteiger charge is 2.34. The van der Waals surface area contributed by atoms with Crippen molar-refractivity contribution in [1.29, 1.82) is 0 Å². The van der Waals surface area contributed by atoms with Crippen molar-refractivity contribution < 1.29 is 33.6 Å². The second-order valence-corrected chi connectivity index (χ2v) is 26.6. The van der Waals surface area contributed by atoms with Crippen LogP contribution in [-0.4, -0.2) is 116 Å². The first-order valence-corrected chi connectivity index (χ1v) is 34.3. The smallest absolute Gasteiger partial charge is 0.244 e. The van der Waals surface area contributed by atoms with Gasteiger partial charge in [-0.2, -0.15) is 0 Å². The normalized spacial score (nSPS) is 13.3. The molecule has 506 valence electrons. The van der Waals surface area contributed by atoms with Crippen LogP contribution >= 0.6 is 11.8 Å². The Hall–Kier alpha value is -9.96. The summed E-state index contributed by atoms with van der Waals surface area (Å²) in [5.41, 5.74) is 35.1. The number of thioether (sulfide) groups is 1. The van der Waals surface area contributed by atoms with Crippen LogP contribution in [0, 0.1) is 32.6 Å². The number of aryl methyl sites for hydroxylation is 3. The largest absolute Gasteiger partial charge is 0.368 e. The predicted molar refractivity (Wildman–Crippen MR) is 391 cm³/mol. The molecule has 0 spiro atoms. The van der Waals surface area contributed by atoms with Crippen molar-refractivity contribution in [2.24, 2.45) is 29.0 Å². The predicted octanol–water partition coefficient (Wildman–Crippen LogP) is 10.4. The number of anilines is 1. The van der Waals surface area contributed by atoms with Crippen LogP contribution in [0.1, 0.15) is 113 Å². The Labute approximate surface area is 570 Å². The van der Waals surface area contributed by atoms with Gasteiger partial charge >= 0.3 is 0 Å². The molecule has 5 atom stereocenters. The summed E-state index contributed by atoms with van der Waals surface area (Å²) in [5.74, 6) is -5.16. The summed E-state index contributed by atoms with van der Waals surface area (Å²) < 4.78 is 0. The number of hydrogen-bond acceptors (Lipinski definition) is 12. The second kappa shape index (κ2) is 33.1. The van der Waals surface area contributed by atoms with Gasteiger partial charge in [-0.25, -0.2) is 9.97 Å². The first-order chi connectivity index (χ1) is 46.6. The molecule has 0 unspecified atom stereocenters. The van der Waals surface area contributed by atoms with Gasteiger partial charge in [0.05, 0.1) is 28.5 Å². The Morgan fingerprint density at radius 1 is 0.443 bits per heavy atom. The van der Waals surface area contributed by atoms with Crippen molar-refractivity contribution in [3.8, 4) is 44.5 Å². The van der Waals surface area contributed by atoms with E-state index in [0.29, 0.717) is 50.2 Å². The number of benzene rings is 4. The van der Waals surface area contributed by atoms with Crippen LogP contribution in [0.15, 0.2) is 121 Å². The minimum absolute atomic E-state index is 0.0366. The number of nitrogens with zero attached hydrogens (tertiary/aromatic N) is 2.